The van der Waals surface area contributed by atoms with Crippen LogP contribution in [0, 0.1) is 11.8 Å². The molecule has 0 saturated carbocycles. The van der Waals surface area contributed by atoms with Crippen LogP contribution in [-0.4, -0.2) is 96.7 Å². The topological polar surface area (TPSA) is 237 Å². The highest BCUT2D eigenvalue weighted by atomic mass is 31.2. The van der Waals surface area contributed by atoms with Gasteiger partial charge in [0, 0.05) is 25.7 Å². The first-order valence-electron chi connectivity index (χ1n) is 42.0. The van der Waals surface area contributed by atoms with Gasteiger partial charge in [-0.15, -0.1) is 0 Å². The molecular weight excluding hydrogens is 1310 g/mol. The zero-order valence-electron chi connectivity index (χ0n) is 65.5. The van der Waals surface area contributed by atoms with Gasteiger partial charge in [0.05, 0.1) is 26.4 Å². The highest BCUT2D eigenvalue weighted by Crippen LogP contribution is 2.45. The summed E-state index contributed by atoms with van der Waals surface area (Å²) in [4.78, 5) is 72.9. The maximum Gasteiger partial charge on any atom is 0.472 e. The maximum absolute atomic E-state index is 13.1. The zero-order chi connectivity index (χ0) is 73.5. The minimum atomic E-state index is -4.96. The lowest BCUT2D eigenvalue weighted by atomic mass is 9.99. The molecule has 0 aliphatic carbocycles. The lowest BCUT2D eigenvalue weighted by Crippen LogP contribution is -2.30. The molecule has 0 aromatic heterocycles. The summed E-state index contributed by atoms with van der Waals surface area (Å²) in [7, 11) is -9.91. The van der Waals surface area contributed by atoms with Crippen LogP contribution >= 0.6 is 15.6 Å². The first-order chi connectivity index (χ1) is 48.4. The fraction of sp³-hybridized carbons (Fsp3) is 0.951. The average molecular weight is 1470 g/mol. The van der Waals surface area contributed by atoms with Gasteiger partial charge in [-0.25, -0.2) is 9.13 Å². The molecule has 0 saturated heterocycles. The molecule has 0 aliphatic heterocycles. The van der Waals surface area contributed by atoms with Crippen molar-refractivity contribution in [3.8, 4) is 0 Å². The molecule has 3 unspecified atom stereocenters. The number of carbonyl (C=O) groups is 4. The van der Waals surface area contributed by atoms with Crippen LogP contribution in [0.1, 0.15) is 427 Å². The summed E-state index contributed by atoms with van der Waals surface area (Å²) in [5.41, 5.74) is 0. The normalized spacial score (nSPS) is 14.2. The molecule has 19 heteroatoms. The van der Waals surface area contributed by atoms with E-state index < -0.39 is 97.5 Å². The van der Waals surface area contributed by atoms with Gasteiger partial charge in [-0.3, -0.25) is 37.3 Å². The molecule has 0 heterocycles. The van der Waals surface area contributed by atoms with Crippen molar-refractivity contribution in [1.29, 1.82) is 0 Å². The second-order valence-corrected chi connectivity index (χ2v) is 32.8. The second-order valence-electron chi connectivity index (χ2n) is 29.9. The molecule has 0 bridgehead atoms. The lowest BCUT2D eigenvalue weighted by Gasteiger charge is -2.21. The number of phosphoric acid groups is 2. The summed E-state index contributed by atoms with van der Waals surface area (Å²) in [5.74, 6) is -0.505. The number of aliphatic hydroxyl groups excluding tert-OH is 1. The Morgan fingerprint density at radius 2 is 0.510 bits per heavy atom. The first kappa shape index (κ1) is 98.1. The summed E-state index contributed by atoms with van der Waals surface area (Å²) in [6.45, 7) is 9.64. The third-order valence-electron chi connectivity index (χ3n) is 19.3. The van der Waals surface area contributed by atoms with Gasteiger partial charge >= 0.3 is 39.5 Å². The number of hydrogen-bond donors (Lipinski definition) is 3. The molecule has 0 aromatic rings. The zero-order valence-corrected chi connectivity index (χ0v) is 67.3. The molecule has 594 valence electrons. The van der Waals surface area contributed by atoms with Crippen LogP contribution in [-0.2, 0) is 65.4 Å². The molecule has 17 nitrogen and oxygen atoms in total. The monoisotopic (exact) mass is 1470 g/mol. The molecular formula is C81H158O17P2. The summed E-state index contributed by atoms with van der Waals surface area (Å²) in [5, 5.41) is 10.6. The van der Waals surface area contributed by atoms with Gasteiger partial charge in [0.1, 0.15) is 19.3 Å². The van der Waals surface area contributed by atoms with Crippen LogP contribution in [0.5, 0.6) is 0 Å². The number of hydrogen-bond acceptors (Lipinski definition) is 15. The van der Waals surface area contributed by atoms with Crippen LogP contribution < -0.4 is 0 Å². The van der Waals surface area contributed by atoms with Gasteiger partial charge < -0.3 is 33.8 Å². The van der Waals surface area contributed by atoms with Crippen molar-refractivity contribution in [3.63, 3.8) is 0 Å². The average Bonchev–Trinajstić information content (AvgIpc) is 0.936. The fourth-order valence-corrected chi connectivity index (χ4v) is 14.1. The van der Waals surface area contributed by atoms with Crippen LogP contribution in [0.4, 0.5) is 0 Å². The van der Waals surface area contributed by atoms with Gasteiger partial charge in [0.2, 0.25) is 0 Å². The second kappa shape index (κ2) is 72.6. The van der Waals surface area contributed by atoms with E-state index in [0.717, 1.165) is 115 Å². The third kappa shape index (κ3) is 73.0. The van der Waals surface area contributed by atoms with Crippen molar-refractivity contribution in [2.24, 2.45) is 11.8 Å². The summed E-state index contributed by atoms with van der Waals surface area (Å²) >= 11 is 0. The molecule has 0 fully saturated rings. The Hall–Kier alpha value is -1.94. The van der Waals surface area contributed by atoms with Crippen molar-refractivity contribution in [3.05, 3.63) is 0 Å². The smallest absolute Gasteiger partial charge is 0.462 e. The summed E-state index contributed by atoms with van der Waals surface area (Å²) < 4.78 is 68.6. The molecule has 0 radical (unpaired) electrons. The summed E-state index contributed by atoms with van der Waals surface area (Å²) in [6, 6.07) is 0. The Bertz CT molecular complexity index is 1930. The van der Waals surface area contributed by atoms with E-state index in [2.05, 4.69) is 41.5 Å². The maximum atomic E-state index is 13.1. The van der Waals surface area contributed by atoms with Gasteiger partial charge in [-0.05, 0) is 37.5 Å². The number of esters is 4. The number of rotatable bonds is 80. The quantitative estimate of drug-likeness (QED) is 0.0222. The van der Waals surface area contributed by atoms with E-state index in [4.69, 9.17) is 37.0 Å². The van der Waals surface area contributed by atoms with Gasteiger partial charge in [0.15, 0.2) is 12.2 Å². The minimum absolute atomic E-state index is 0.106. The van der Waals surface area contributed by atoms with Crippen molar-refractivity contribution >= 4 is 39.5 Å². The number of ether oxygens (including phenoxy) is 4. The van der Waals surface area contributed by atoms with Gasteiger partial charge in [-0.2, -0.15) is 0 Å². The van der Waals surface area contributed by atoms with Gasteiger partial charge in [-0.1, -0.05) is 375 Å². The van der Waals surface area contributed by atoms with Crippen molar-refractivity contribution < 1.29 is 80.2 Å². The van der Waals surface area contributed by atoms with Crippen LogP contribution in [0.25, 0.3) is 0 Å². The van der Waals surface area contributed by atoms with E-state index >= 15 is 0 Å². The first-order valence-corrected chi connectivity index (χ1v) is 45.0. The Kier molecular flexibility index (Phi) is 71.2. The van der Waals surface area contributed by atoms with E-state index in [-0.39, 0.29) is 25.7 Å². The highest BCUT2D eigenvalue weighted by Gasteiger charge is 2.30. The van der Waals surface area contributed by atoms with E-state index in [0.29, 0.717) is 25.7 Å². The SMILES string of the molecule is CCCCCCCCCCCCCCCCCCCCCCCC(=O)O[C@H](COC(=O)CCCCCCCCCCCCCCCCCC(C)C)COP(=O)(O)OC[C@@H](O)COP(=O)(O)OC[C@@H](COC(=O)CCCCCCCCC)OC(=O)CCCCCCCCCCCCC(C)CC. The third-order valence-corrected chi connectivity index (χ3v) is 21.2. The Labute approximate surface area is 613 Å². The lowest BCUT2D eigenvalue weighted by molar-refractivity contribution is -0.161. The number of phosphoric ester groups is 2. The number of carbonyl (C=O) groups excluding carboxylic acids is 4. The molecule has 6 atom stereocenters. The molecule has 0 rings (SSSR count). The van der Waals surface area contributed by atoms with E-state index in [1.54, 1.807) is 0 Å². The standard InChI is InChI=1S/C81H158O17P2/c1-7-10-12-14-16-17-18-19-20-21-22-23-24-25-28-32-35-41-47-53-59-65-80(85)98-77(70-92-79(84)64-58-52-46-40-34-31-29-26-27-30-33-38-44-49-55-61-73(4)5)72-96-100(89,90)94-68-75(82)67-93-99(87,88)95-71-76(69-91-78(83)63-57-51-43-15-13-11-8-2)97-81(86)66-60-54-48-42-37-36-39-45-50-56-62-74(6)9-3/h73-77,82H,7-72H2,1-6H3,(H,87,88)(H,89,90)/t74?,75-,76+,77+/m0/s1. The molecule has 100 heavy (non-hydrogen) atoms. The van der Waals surface area contributed by atoms with E-state index in [9.17, 15) is 43.2 Å². The number of aliphatic hydroxyl groups is 1. The number of unbranched alkanes of at least 4 members (excludes halogenated alkanes) is 49. The summed E-state index contributed by atoms with van der Waals surface area (Å²) in [6.07, 6.45) is 62.6. The molecule has 0 aliphatic rings. The van der Waals surface area contributed by atoms with Crippen molar-refractivity contribution in [2.75, 3.05) is 39.6 Å². The predicted molar refractivity (Wildman–Crippen MR) is 409 cm³/mol. The highest BCUT2D eigenvalue weighted by molar-refractivity contribution is 7.47. The largest absolute Gasteiger partial charge is 0.472 e. The minimum Gasteiger partial charge on any atom is -0.462 e. The molecule has 0 amide bonds. The molecule has 3 N–H and O–H groups in total. The van der Waals surface area contributed by atoms with Gasteiger partial charge in [0.25, 0.3) is 0 Å². The Morgan fingerprint density at radius 3 is 0.760 bits per heavy atom. The van der Waals surface area contributed by atoms with Crippen molar-refractivity contribution in [2.45, 2.75) is 445 Å². The van der Waals surface area contributed by atoms with Crippen LogP contribution in [0.2, 0.25) is 0 Å². The molecule has 0 aromatic carbocycles. The van der Waals surface area contributed by atoms with Crippen LogP contribution in [0.3, 0.4) is 0 Å². The van der Waals surface area contributed by atoms with E-state index in [1.165, 1.54) is 231 Å². The predicted octanol–water partition coefficient (Wildman–Crippen LogP) is 24.3. The van der Waals surface area contributed by atoms with Crippen molar-refractivity contribution in [1.82, 2.24) is 0 Å². The van der Waals surface area contributed by atoms with E-state index in [1.807, 2.05) is 0 Å². The molecule has 0 spiro atoms. The Balaban J connectivity index is 5.17. The Morgan fingerprint density at radius 1 is 0.290 bits per heavy atom. The van der Waals surface area contributed by atoms with Crippen LogP contribution in [0.15, 0.2) is 0 Å². The fourth-order valence-electron chi connectivity index (χ4n) is 12.5.